The molecular weight excluding hydrogens is 418 g/mol. The van der Waals surface area contributed by atoms with Gasteiger partial charge in [-0.05, 0) is 44.2 Å². The molecule has 1 saturated heterocycles. The van der Waals surface area contributed by atoms with Crippen molar-refractivity contribution >= 4 is 5.91 Å². The minimum atomic E-state index is -0.486. The van der Waals surface area contributed by atoms with Gasteiger partial charge in [0, 0.05) is 61.4 Å². The molecule has 1 spiro atoms. The van der Waals surface area contributed by atoms with E-state index in [1.165, 1.54) is 0 Å². The number of nitrogens with zero attached hydrogens (tertiary/aromatic N) is 3. The van der Waals surface area contributed by atoms with Crippen molar-refractivity contribution in [2.24, 2.45) is 7.05 Å². The van der Waals surface area contributed by atoms with E-state index in [1.54, 1.807) is 18.2 Å². The van der Waals surface area contributed by atoms with Crippen LogP contribution in [0.5, 0.6) is 11.5 Å². The Morgan fingerprint density at radius 3 is 2.70 bits per heavy atom. The fraction of sp³-hybridized carbons (Fsp3) is 0.385. The summed E-state index contributed by atoms with van der Waals surface area (Å²) in [5, 5.41) is 14.5. The molecule has 1 amide bonds. The van der Waals surface area contributed by atoms with E-state index in [9.17, 15) is 9.90 Å². The molecule has 0 unspecified atom stereocenters. The molecule has 1 N–H and O–H groups in total. The number of carbonyl (C=O) groups excluding carboxylic acids is 1. The van der Waals surface area contributed by atoms with Crippen LogP contribution in [-0.4, -0.2) is 44.9 Å². The van der Waals surface area contributed by atoms with E-state index in [2.05, 4.69) is 0 Å². The number of benzene rings is 2. The zero-order valence-corrected chi connectivity index (χ0v) is 19.2. The summed E-state index contributed by atoms with van der Waals surface area (Å²) in [6, 6.07) is 13.3. The molecule has 0 radical (unpaired) electrons. The summed E-state index contributed by atoms with van der Waals surface area (Å²) >= 11 is 0. The van der Waals surface area contributed by atoms with Crippen molar-refractivity contribution in [2.75, 3.05) is 13.1 Å². The molecule has 3 aromatic rings. The van der Waals surface area contributed by atoms with E-state index < -0.39 is 5.60 Å². The number of aryl methyl sites for hydroxylation is 1. The summed E-state index contributed by atoms with van der Waals surface area (Å²) in [5.74, 6) is 1.41. The topological polar surface area (TPSA) is 76.8 Å². The highest BCUT2D eigenvalue weighted by molar-refractivity contribution is 5.94. The summed E-state index contributed by atoms with van der Waals surface area (Å²) in [6.07, 6.45) is 3.41. The number of rotatable bonds is 4. The number of hydrogen-bond donors (Lipinski definition) is 1. The van der Waals surface area contributed by atoms with E-state index in [0.29, 0.717) is 42.8 Å². The van der Waals surface area contributed by atoms with Crippen LogP contribution in [0.3, 0.4) is 0 Å². The number of hydrogen-bond acceptors (Lipinski definition) is 5. The first-order valence-corrected chi connectivity index (χ1v) is 11.4. The Balaban J connectivity index is 1.37. The second kappa shape index (κ2) is 8.23. The minimum absolute atomic E-state index is 0.00636. The Morgan fingerprint density at radius 1 is 1.21 bits per heavy atom. The first-order valence-electron chi connectivity index (χ1n) is 11.4. The summed E-state index contributed by atoms with van der Waals surface area (Å²) in [7, 11) is 1.93. The number of aliphatic hydroxyl groups is 1. The van der Waals surface area contributed by atoms with Gasteiger partial charge in [-0.1, -0.05) is 12.1 Å². The second-order valence-corrected chi connectivity index (χ2v) is 9.10. The zero-order valence-electron chi connectivity index (χ0n) is 19.2. The van der Waals surface area contributed by atoms with Crippen molar-refractivity contribution in [2.45, 2.75) is 45.0 Å². The summed E-state index contributed by atoms with van der Waals surface area (Å²) in [4.78, 5) is 15.1. The molecule has 1 fully saturated rings. The summed E-state index contributed by atoms with van der Waals surface area (Å²) in [5.41, 5.74) is 3.76. The molecule has 0 atom stereocenters. The number of fused-ring (bicyclic) bond motifs is 4. The third-order valence-corrected chi connectivity index (χ3v) is 6.47. The Bertz CT molecular complexity index is 1190. The van der Waals surface area contributed by atoms with Gasteiger partial charge in [-0.15, -0.1) is 0 Å². The van der Waals surface area contributed by atoms with E-state index in [0.717, 1.165) is 22.6 Å². The molecule has 2 aliphatic heterocycles. The third kappa shape index (κ3) is 3.76. The van der Waals surface area contributed by atoms with Crippen LogP contribution >= 0.6 is 0 Å². The number of carbonyl (C=O) groups is 1. The van der Waals surface area contributed by atoms with Crippen molar-refractivity contribution < 1.29 is 19.4 Å². The van der Waals surface area contributed by atoms with E-state index in [-0.39, 0.29) is 18.6 Å². The minimum Gasteiger partial charge on any atom is -0.491 e. The SMILES string of the molecule is CC(C)Oc1ccc(C(=O)N2CCC3(CC2)Oc2ccccc2-c2nn(C)cc23)cc1CO. The molecule has 5 rings (SSSR count). The third-order valence-electron chi connectivity index (χ3n) is 6.47. The number of piperidine rings is 1. The van der Waals surface area contributed by atoms with Gasteiger partial charge >= 0.3 is 0 Å². The van der Waals surface area contributed by atoms with Gasteiger partial charge in [0.15, 0.2) is 0 Å². The Morgan fingerprint density at radius 2 is 1.97 bits per heavy atom. The first-order chi connectivity index (χ1) is 15.9. The zero-order chi connectivity index (χ0) is 23.2. The monoisotopic (exact) mass is 447 g/mol. The van der Waals surface area contributed by atoms with E-state index >= 15 is 0 Å². The average Bonchev–Trinajstić information content (AvgIpc) is 3.22. The fourth-order valence-electron chi connectivity index (χ4n) is 4.87. The van der Waals surface area contributed by atoms with Gasteiger partial charge in [-0.3, -0.25) is 9.48 Å². The average molecular weight is 448 g/mol. The lowest BCUT2D eigenvalue weighted by molar-refractivity contribution is -0.00166. The van der Waals surface area contributed by atoms with Crippen LogP contribution in [-0.2, 0) is 19.3 Å². The van der Waals surface area contributed by atoms with Gasteiger partial charge in [0.2, 0.25) is 0 Å². The van der Waals surface area contributed by atoms with Crippen LogP contribution in [0.2, 0.25) is 0 Å². The van der Waals surface area contributed by atoms with Crippen LogP contribution in [0, 0.1) is 0 Å². The van der Waals surface area contributed by atoms with Crippen molar-refractivity contribution in [1.82, 2.24) is 14.7 Å². The van der Waals surface area contributed by atoms with Gasteiger partial charge in [-0.2, -0.15) is 5.10 Å². The Hall–Kier alpha value is -3.32. The van der Waals surface area contributed by atoms with Crippen LogP contribution in [0.1, 0.15) is 48.2 Å². The lowest BCUT2D eigenvalue weighted by atomic mass is 9.81. The van der Waals surface area contributed by atoms with E-state index in [4.69, 9.17) is 14.6 Å². The highest BCUT2D eigenvalue weighted by Gasteiger charge is 2.45. The molecule has 2 aliphatic rings. The maximum atomic E-state index is 13.3. The van der Waals surface area contributed by atoms with Crippen LogP contribution in [0.4, 0.5) is 0 Å². The number of amides is 1. The lowest BCUT2D eigenvalue weighted by Gasteiger charge is -2.44. The Labute approximate surface area is 193 Å². The van der Waals surface area contributed by atoms with Gasteiger partial charge < -0.3 is 19.5 Å². The molecule has 3 heterocycles. The normalized spacial score (nSPS) is 16.3. The first kappa shape index (κ1) is 21.5. The molecule has 0 aliphatic carbocycles. The number of aromatic nitrogens is 2. The number of likely N-dealkylation sites (tertiary alicyclic amines) is 1. The van der Waals surface area contributed by atoms with Gasteiger partial charge in [0.1, 0.15) is 22.8 Å². The summed E-state index contributed by atoms with van der Waals surface area (Å²) in [6.45, 7) is 4.85. The maximum Gasteiger partial charge on any atom is 0.253 e. The predicted molar refractivity (Wildman–Crippen MR) is 124 cm³/mol. The van der Waals surface area contributed by atoms with Crippen LogP contribution in [0.25, 0.3) is 11.3 Å². The molecular formula is C26H29N3O4. The highest BCUT2D eigenvalue weighted by atomic mass is 16.5. The molecule has 172 valence electrons. The van der Waals surface area contributed by atoms with Gasteiger partial charge in [-0.25, -0.2) is 0 Å². The largest absolute Gasteiger partial charge is 0.491 e. The standard InChI is InChI=1S/C26H29N3O4/c1-17(2)32-22-9-8-18(14-19(22)16-30)25(31)29-12-10-26(11-13-29)21-15-28(3)27-24(21)20-6-4-5-7-23(20)33-26/h4-9,14-15,17,30H,10-13,16H2,1-3H3. The molecule has 0 bridgehead atoms. The number of para-hydroxylation sites is 1. The summed E-state index contributed by atoms with van der Waals surface area (Å²) < 4.78 is 14.2. The van der Waals surface area contributed by atoms with E-state index in [1.807, 2.05) is 60.9 Å². The maximum absolute atomic E-state index is 13.3. The predicted octanol–water partition coefficient (Wildman–Crippen LogP) is 3.89. The number of ether oxygens (including phenoxy) is 2. The Kier molecular flexibility index (Phi) is 5.37. The molecule has 2 aromatic carbocycles. The second-order valence-electron chi connectivity index (χ2n) is 9.10. The lowest BCUT2D eigenvalue weighted by Crippen LogP contribution is -2.49. The highest BCUT2D eigenvalue weighted by Crippen LogP contribution is 2.49. The van der Waals surface area contributed by atoms with Crippen molar-refractivity contribution in [3.63, 3.8) is 0 Å². The smallest absolute Gasteiger partial charge is 0.253 e. The van der Waals surface area contributed by atoms with Gasteiger partial charge in [0.25, 0.3) is 5.91 Å². The molecule has 7 nitrogen and oxygen atoms in total. The van der Waals surface area contributed by atoms with Crippen LogP contribution < -0.4 is 9.47 Å². The van der Waals surface area contributed by atoms with Gasteiger partial charge in [0.05, 0.1) is 12.7 Å². The van der Waals surface area contributed by atoms with Crippen molar-refractivity contribution in [1.29, 1.82) is 0 Å². The quantitative estimate of drug-likeness (QED) is 0.657. The fourth-order valence-corrected chi connectivity index (χ4v) is 4.87. The molecule has 0 saturated carbocycles. The molecule has 7 heteroatoms. The van der Waals surface area contributed by atoms with Crippen molar-refractivity contribution in [3.05, 3.63) is 65.4 Å². The van der Waals surface area contributed by atoms with Crippen LogP contribution in [0.15, 0.2) is 48.7 Å². The molecule has 33 heavy (non-hydrogen) atoms. The molecule has 1 aromatic heterocycles. The number of aliphatic hydroxyl groups excluding tert-OH is 1. The van der Waals surface area contributed by atoms with Crippen molar-refractivity contribution in [3.8, 4) is 22.8 Å².